The van der Waals surface area contributed by atoms with Gasteiger partial charge in [0.25, 0.3) is 0 Å². The molecular weight excluding hydrogens is 497 g/mol. The smallest absolute Gasteiger partial charge is 0.244 e. The lowest BCUT2D eigenvalue weighted by molar-refractivity contribution is -0.140. The lowest BCUT2D eigenvalue weighted by atomic mass is 10.1. The van der Waals surface area contributed by atoms with E-state index in [1.807, 2.05) is 6.92 Å². The number of sulfonamides is 1. The first-order valence-electron chi connectivity index (χ1n) is 11.1. The van der Waals surface area contributed by atoms with Crippen molar-refractivity contribution in [2.75, 3.05) is 30.8 Å². The molecule has 11 heteroatoms. The summed E-state index contributed by atoms with van der Waals surface area (Å²) in [5, 5.41) is 3.05. The van der Waals surface area contributed by atoms with Crippen LogP contribution in [-0.2, 0) is 26.2 Å². The van der Waals surface area contributed by atoms with Crippen molar-refractivity contribution in [3.63, 3.8) is 0 Å². The average molecular weight is 528 g/mol. The van der Waals surface area contributed by atoms with Crippen LogP contribution in [0.2, 0.25) is 5.02 Å². The molecule has 2 aromatic rings. The highest BCUT2D eigenvalue weighted by Crippen LogP contribution is 2.33. The molecule has 0 heterocycles. The standard InChI is InChI=1S/C24H31ClFN3O5S/c1-5-13-27-24(31)20(6-2)28(15-17-7-10-19(26)11-8-17)23(30)16-29(35(4,32)33)21-14-18(25)9-12-22(21)34-3/h7-12,14,20H,5-6,13,15-16H2,1-4H3,(H,27,31)/t20-/m0/s1. The molecule has 2 amide bonds. The summed E-state index contributed by atoms with van der Waals surface area (Å²) in [5.41, 5.74) is 0.689. The number of hydrogen-bond acceptors (Lipinski definition) is 5. The number of nitrogens with one attached hydrogen (secondary N) is 1. The third-order valence-electron chi connectivity index (χ3n) is 5.29. The van der Waals surface area contributed by atoms with Gasteiger partial charge in [-0.15, -0.1) is 0 Å². The molecule has 0 radical (unpaired) electrons. The van der Waals surface area contributed by atoms with Crippen LogP contribution in [0.4, 0.5) is 10.1 Å². The second kappa shape index (κ2) is 12.7. The molecule has 2 rings (SSSR count). The predicted molar refractivity (Wildman–Crippen MR) is 135 cm³/mol. The minimum absolute atomic E-state index is 0.0125. The van der Waals surface area contributed by atoms with Crippen molar-refractivity contribution in [3.8, 4) is 5.75 Å². The highest BCUT2D eigenvalue weighted by Gasteiger charge is 2.32. The second-order valence-corrected chi connectivity index (χ2v) is 10.3. The largest absolute Gasteiger partial charge is 0.495 e. The number of nitrogens with zero attached hydrogens (tertiary/aromatic N) is 2. The Morgan fingerprint density at radius 3 is 2.34 bits per heavy atom. The highest BCUT2D eigenvalue weighted by atomic mass is 35.5. The summed E-state index contributed by atoms with van der Waals surface area (Å²) in [4.78, 5) is 27.8. The maximum Gasteiger partial charge on any atom is 0.244 e. The van der Waals surface area contributed by atoms with Gasteiger partial charge in [0, 0.05) is 18.1 Å². The summed E-state index contributed by atoms with van der Waals surface area (Å²) in [7, 11) is -2.57. The molecule has 0 aromatic heterocycles. The van der Waals surface area contributed by atoms with Crippen LogP contribution in [0.15, 0.2) is 42.5 Å². The lowest BCUT2D eigenvalue weighted by Crippen LogP contribution is -2.52. The van der Waals surface area contributed by atoms with Crippen LogP contribution in [0.5, 0.6) is 5.75 Å². The van der Waals surface area contributed by atoms with E-state index in [9.17, 15) is 22.4 Å². The number of ether oxygens (including phenoxy) is 1. The zero-order chi connectivity index (χ0) is 26.2. The average Bonchev–Trinajstić information content (AvgIpc) is 2.81. The van der Waals surface area contributed by atoms with Gasteiger partial charge in [-0.1, -0.05) is 37.6 Å². The fourth-order valence-corrected chi connectivity index (χ4v) is 4.54. The van der Waals surface area contributed by atoms with Crippen LogP contribution in [0.3, 0.4) is 0 Å². The van der Waals surface area contributed by atoms with Gasteiger partial charge in [-0.3, -0.25) is 13.9 Å². The van der Waals surface area contributed by atoms with Crippen molar-refractivity contribution >= 4 is 39.1 Å². The van der Waals surface area contributed by atoms with Crippen molar-refractivity contribution in [1.29, 1.82) is 0 Å². The van der Waals surface area contributed by atoms with Crippen LogP contribution in [0, 0.1) is 5.82 Å². The topological polar surface area (TPSA) is 96.0 Å². The summed E-state index contributed by atoms with van der Waals surface area (Å²) in [5.74, 6) is -1.18. The zero-order valence-corrected chi connectivity index (χ0v) is 21.8. The molecule has 0 aliphatic carbocycles. The number of benzene rings is 2. The van der Waals surface area contributed by atoms with Crippen molar-refractivity contribution in [3.05, 3.63) is 58.9 Å². The first-order valence-corrected chi connectivity index (χ1v) is 13.4. The molecule has 2 aromatic carbocycles. The number of carbonyl (C=O) groups is 2. The van der Waals surface area contributed by atoms with E-state index in [2.05, 4.69) is 5.32 Å². The van der Waals surface area contributed by atoms with E-state index >= 15 is 0 Å². The number of anilines is 1. The van der Waals surface area contributed by atoms with E-state index < -0.39 is 34.3 Å². The summed E-state index contributed by atoms with van der Waals surface area (Å²) < 4.78 is 45.0. The molecule has 0 unspecified atom stereocenters. The van der Waals surface area contributed by atoms with Gasteiger partial charge < -0.3 is 15.0 Å². The molecule has 0 aliphatic heterocycles. The number of methoxy groups -OCH3 is 1. The Kier molecular flexibility index (Phi) is 10.3. The first kappa shape index (κ1) is 28.4. The van der Waals surface area contributed by atoms with E-state index in [4.69, 9.17) is 16.3 Å². The summed E-state index contributed by atoms with van der Waals surface area (Å²) in [6.07, 6.45) is 1.97. The number of halogens is 2. The third-order valence-corrected chi connectivity index (χ3v) is 6.65. The van der Waals surface area contributed by atoms with Crippen molar-refractivity contribution < 1.29 is 27.1 Å². The van der Waals surface area contributed by atoms with Gasteiger partial charge in [0.2, 0.25) is 21.8 Å². The Balaban J connectivity index is 2.48. The molecular formula is C24H31ClFN3O5S. The van der Waals surface area contributed by atoms with Gasteiger partial charge in [0.15, 0.2) is 0 Å². The Morgan fingerprint density at radius 2 is 1.80 bits per heavy atom. The van der Waals surface area contributed by atoms with Gasteiger partial charge in [0.05, 0.1) is 19.1 Å². The van der Waals surface area contributed by atoms with Crippen LogP contribution in [-0.4, -0.2) is 57.6 Å². The van der Waals surface area contributed by atoms with E-state index in [0.29, 0.717) is 24.9 Å². The number of carbonyl (C=O) groups excluding carboxylic acids is 2. The minimum atomic E-state index is -3.94. The predicted octanol–water partition coefficient (Wildman–Crippen LogP) is 3.59. The Bertz CT molecular complexity index is 1130. The van der Waals surface area contributed by atoms with Gasteiger partial charge >= 0.3 is 0 Å². The maximum absolute atomic E-state index is 13.6. The third kappa shape index (κ3) is 7.83. The summed E-state index contributed by atoms with van der Waals surface area (Å²) in [6, 6.07) is 9.13. The molecule has 0 spiro atoms. The van der Waals surface area contributed by atoms with Crippen LogP contribution < -0.4 is 14.4 Å². The van der Waals surface area contributed by atoms with Crippen LogP contribution in [0.25, 0.3) is 0 Å². The zero-order valence-electron chi connectivity index (χ0n) is 20.3. The molecule has 8 nitrogen and oxygen atoms in total. The van der Waals surface area contributed by atoms with E-state index in [-0.39, 0.29) is 28.9 Å². The number of amides is 2. The van der Waals surface area contributed by atoms with E-state index in [1.165, 1.54) is 54.5 Å². The van der Waals surface area contributed by atoms with Gasteiger partial charge in [0.1, 0.15) is 24.2 Å². The van der Waals surface area contributed by atoms with Gasteiger partial charge in [-0.2, -0.15) is 0 Å². The normalized spacial score (nSPS) is 12.1. The molecule has 0 fully saturated rings. The quantitative estimate of drug-likeness (QED) is 0.455. The Hall–Kier alpha value is -2.85. The monoisotopic (exact) mass is 527 g/mol. The SMILES string of the molecule is CCCNC(=O)[C@H](CC)N(Cc1ccc(F)cc1)C(=O)CN(c1cc(Cl)ccc1OC)S(C)(=O)=O. The molecule has 0 saturated carbocycles. The first-order chi connectivity index (χ1) is 16.5. The summed E-state index contributed by atoms with van der Waals surface area (Å²) >= 11 is 6.09. The fourth-order valence-electron chi connectivity index (χ4n) is 3.52. The number of hydrogen-bond donors (Lipinski definition) is 1. The molecule has 192 valence electrons. The lowest BCUT2D eigenvalue weighted by Gasteiger charge is -2.33. The molecule has 0 saturated heterocycles. The fraction of sp³-hybridized carbons (Fsp3) is 0.417. The molecule has 0 bridgehead atoms. The molecule has 1 N–H and O–H groups in total. The van der Waals surface area contributed by atoms with Gasteiger partial charge in [-0.25, -0.2) is 12.8 Å². The second-order valence-electron chi connectivity index (χ2n) is 7.95. The van der Waals surface area contributed by atoms with Crippen molar-refractivity contribution in [2.24, 2.45) is 0 Å². The Morgan fingerprint density at radius 1 is 1.14 bits per heavy atom. The van der Waals surface area contributed by atoms with Crippen molar-refractivity contribution in [2.45, 2.75) is 39.3 Å². The van der Waals surface area contributed by atoms with E-state index in [0.717, 1.165) is 10.6 Å². The minimum Gasteiger partial charge on any atom is -0.495 e. The van der Waals surface area contributed by atoms with Gasteiger partial charge in [-0.05, 0) is 48.7 Å². The maximum atomic E-state index is 13.6. The summed E-state index contributed by atoms with van der Waals surface area (Å²) in [6.45, 7) is 3.50. The van der Waals surface area contributed by atoms with Crippen molar-refractivity contribution in [1.82, 2.24) is 10.2 Å². The molecule has 35 heavy (non-hydrogen) atoms. The van der Waals surface area contributed by atoms with Crippen LogP contribution in [0.1, 0.15) is 32.3 Å². The highest BCUT2D eigenvalue weighted by molar-refractivity contribution is 7.92. The number of rotatable bonds is 12. The molecule has 0 aliphatic rings. The van der Waals surface area contributed by atoms with Crippen LogP contribution >= 0.6 is 11.6 Å². The Labute approximate surface area is 211 Å². The van der Waals surface area contributed by atoms with E-state index in [1.54, 1.807) is 6.92 Å². The molecule has 1 atom stereocenters.